The zero-order chi connectivity index (χ0) is 14.3. The molecule has 2 aromatic carbocycles. The summed E-state index contributed by atoms with van der Waals surface area (Å²) in [6, 6.07) is 15.4. The van der Waals surface area contributed by atoms with Crippen molar-refractivity contribution < 1.29 is 0 Å². The van der Waals surface area contributed by atoms with Crippen molar-refractivity contribution in [3.8, 4) is 0 Å². The van der Waals surface area contributed by atoms with Gasteiger partial charge in [0.1, 0.15) is 0 Å². The molecule has 0 heterocycles. The first kappa shape index (κ1) is 14.9. The molecular formula is C19H25NS. The zero-order valence-corrected chi connectivity index (χ0v) is 13.5. The van der Waals surface area contributed by atoms with Crippen molar-refractivity contribution in [3.63, 3.8) is 0 Å². The SMILES string of the molecule is c1ccc2cc(SCCNCC3CCCCC3)ccc2c1. The van der Waals surface area contributed by atoms with Crippen LogP contribution in [0.15, 0.2) is 47.4 Å². The van der Waals surface area contributed by atoms with E-state index in [0.29, 0.717) is 0 Å². The molecule has 1 saturated carbocycles. The summed E-state index contributed by atoms with van der Waals surface area (Å²) in [5, 5.41) is 6.32. The Hall–Kier alpha value is -0.990. The van der Waals surface area contributed by atoms with Gasteiger partial charge in [-0.15, -0.1) is 11.8 Å². The Kier molecular flexibility index (Phi) is 5.59. The first-order valence-corrected chi connectivity index (χ1v) is 9.23. The lowest BCUT2D eigenvalue weighted by Gasteiger charge is -2.21. The number of hydrogen-bond donors (Lipinski definition) is 1. The molecule has 0 aromatic heterocycles. The minimum Gasteiger partial charge on any atom is -0.316 e. The average Bonchev–Trinajstić information content (AvgIpc) is 2.55. The first-order valence-electron chi connectivity index (χ1n) is 8.24. The maximum absolute atomic E-state index is 3.64. The van der Waals surface area contributed by atoms with Gasteiger partial charge >= 0.3 is 0 Å². The van der Waals surface area contributed by atoms with Gasteiger partial charge in [-0.3, -0.25) is 0 Å². The fourth-order valence-electron chi connectivity index (χ4n) is 3.20. The first-order chi connectivity index (χ1) is 10.4. The molecule has 0 saturated heterocycles. The van der Waals surface area contributed by atoms with E-state index in [2.05, 4.69) is 47.8 Å². The minimum absolute atomic E-state index is 0.935. The lowest BCUT2D eigenvalue weighted by atomic mass is 9.89. The average molecular weight is 299 g/mol. The van der Waals surface area contributed by atoms with Gasteiger partial charge in [-0.25, -0.2) is 0 Å². The standard InChI is InChI=1S/C19H25NS/c1-2-6-16(7-3-1)15-20-12-13-21-19-11-10-17-8-4-5-9-18(17)14-19/h4-5,8-11,14,16,20H,1-3,6-7,12-13,15H2. The van der Waals surface area contributed by atoms with Crippen molar-refractivity contribution in [2.75, 3.05) is 18.8 Å². The van der Waals surface area contributed by atoms with E-state index < -0.39 is 0 Å². The highest BCUT2D eigenvalue weighted by Gasteiger charge is 2.12. The summed E-state index contributed by atoms with van der Waals surface area (Å²) in [5.74, 6) is 2.09. The number of nitrogens with one attached hydrogen (secondary N) is 1. The number of benzene rings is 2. The molecule has 0 atom stereocenters. The minimum atomic E-state index is 0.935. The van der Waals surface area contributed by atoms with Gasteiger partial charge in [0, 0.05) is 17.2 Å². The van der Waals surface area contributed by atoms with Gasteiger partial charge in [-0.2, -0.15) is 0 Å². The molecule has 3 rings (SSSR count). The number of fused-ring (bicyclic) bond motifs is 1. The van der Waals surface area contributed by atoms with Crippen LogP contribution in [0, 0.1) is 5.92 Å². The van der Waals surface area contributed by atoms with E-state index in [1.807, 2.05) is 11.8 Å². The summed E-state index contributed by atoms with van der Waals surface area (Å²) < 4.78 is 0. The number of thioether (sulfide) groups is 1. The molecule has 0 bridgehead atoms. The van der Waals surface area contributed by atoms with Gasteiger partial charge in [0.05, 0.1) is 0 Å². The maximum atomic E-state index is 3.64. The lowest BCUT2D eigenvalue weighted by molar-refractivity contribution is 0.345. The van der Waals surface area contributed by atoms with Crippen LogP contribution in [-0.4, -0.2) is 18.8 Å². The smallest absolute Gasteiger partial charge is 0.0106 e. The molecule has 1 fully saturated rings. The molecule has 0 aliphatic heterocycles. The largest absolute Gasteiger partial charge is 0.316 e. The van der Waals surface area contributed by atoms with Crippen molar-refractivity contribution in [1.82, 2.24) is 5.32 Å². The highest BCUT2D eigenvalue weighted by molar-refractivity contribution is 7.99. The third-order valence-corrected chi connectivity index (χ3v) is 5.42. The van der Waals surface area contributed by atoms with Gasteiger partial charge in [-0.05, 0) is 48.2 Å². The zero-order valence-electron chi connectivity index (χ0n) is 12.7. The Labute approximate surface area is 132 Å². The maximum Gasteiger partial charge on any atom is 0.0106 e. The molecule has 1 aliphatic carbocycles. The summed E-state index contributed by atoms with van der Waals surface area (Å²) in [7, 11) is 0. The molecule has 1 N–H and O–H groups in total. The molecule has 2 aromatic rings. The van der Waals surface area contributed by atoms with Crippen molar-refractivity contribution in [2.24, 2.45) is 5.92 Å². The molecule has 0 radical (unpaired) electrons. The van der Waals surface area contributed by atoms with Crippen LogP contribution >= 0.6 is 11.8 Å². The predicted octanol–water partition coefficient (Wildman–Crippen LogP) is 5.10. The Morgan fingerprint density at radius 3 is 2.62 bits per heavy atom. The van der Waals surface area contributed by atoms with Crippen LogP contribution in [0.3, 0.4) is 0 Å². The lowest BCUT2D eigenvalue weighted by Crippen LogP contribution is -2.26. The van der Waals surface area contributed by atoms with Gasteiger partial charge in [0.15, 0.2) is 0 Å². The normalized spacial score (nSPS) is 16.4. The summed E-state index contributed by atoms with van der Waals surface area (Å²) >= 11 is 1.96. The predicted molar refractivity (Wildman–Crippen MR) is 94.1 cm³/mol. The van der Waals surface area contributed by atoms with Gasteiger partial charge in [0.2, 0.25) is 0 Å². The van der Waals surface area contributed by atoms with E-state index in [1.165, 1.54) is 54.3 Å². The second-order valence-electron chi connectivity index (χ2n) is 6.07. The quantitative estimate of drug-likeness (QED) is 0.588. The van der Waals surface area contributed by atoms with Crippen LogP contribution in [0.4, 0.5) is 0 Å². The molecular weight excluding hydrogens is 274 g/mol. The van der Waals surface area contributed by atoms with Crippen molar-refractivity contribution in [2.45, 2.75) is 37.0 Å². The van der Waals surface area contributed by atoms with E-state index in [-0.39, 0.29) is 0 Å². The van der Waals surface area contributed by atoms with E-state index >= 15 is 0 Å². The van der Waals surface area contributed by atoms with Crippen molar-refractivity contribution in [1.29, 1.82) is 0 Å². The van der Waals surface area contributed by atoms with Crippen LogP contribution in [-0.2, 0) is 0 Å². The summed E-state index contributed by atoms with van der Waals surface area (Å²) in [6.45, 7) is 2.34. The fourth-order valence-corrected chi connectivity index (χ4v) is 4.05. The Balaban J connectivity index is 1.39. The van der Waals surface area contributed by atoms with Crippen LogP contribution < -0.4 is 5.32 Å². The topological polar surface area (TPSA) is 12.0 Å². The van der Waals surface area contributed by atoms with E-state index in [4.69, 9.17) is 0 Å². The second kappa shape index (κ2) is 7.86. The van der Waals surface area contributed by atoms with E-state index in [1.54, 1.807) is 0 Å². The highest BCUT2D eigenvalue weighted by Crippen LogP contribution is 2.24. The van der Waals surface area contributed by atoms with Crippen molar-refractivity contribution in [3.05, 3.63) is 42.5 Å². The highest BCUT2D eigenvalue weighted by atomic mass is 32.2. The van der Waals surface area contributed by atoms with Gasteiger partial charge < -0.3 is 5.32 Å². The Morgan fingerprint density at radius 1 is 0.952 bits per heavy atom. The third kappa shape index (κ3) is 4.49. The van der Waals surface area contributed by atoms with Crippen LogP contribution in [0.25, 0.3) is 10.8 Å². The van der Waals surface area contributed by atoms with Crippen LogP contribution in [0.5, 0.6) is 0 Å². The van der Waals surface area contributed by atoms with Crippen LogP contribution in [0.2, 0.25) is 0 Å². The van der Waals surface area contributed by atoms with Gasteiger partial charge in [0.25, 0.3) is 0 Å². The molecule has 0 unspecified atom stereocenters. The number of hydrogen-bond acceptors (Lipinski definition) is 2. The fraction of sp³-hybridized carbons (Fsp3) is 0.474. The molecule has 1 aliphatic rings. The Morgan fingerprint density at radius 2 is 1.76 bits per heavy atom. The molecule has 1 nitrogen and oxygen atoms in total. The monoisotopic (exact) mass is 299 g/mol. The summed E-state index contributed by atoms with van der Waals surface area (Å²) in [4.78, 5) is 1.38. The van der Waals surface area contributed by atoms with Gasteiger partial charge in [-0.1, -0.05) is 49.6 Å². The molecule has 21 heavy (non-hydrogen) atoms. The third-order valence-electron chi connectivity index (χ3n) is 4.43. The van der Waals surface area contributed by atoms with Crippen molar-refractivity contribution >= 4 is 22.5 Å². The molecule has 0 amide bonds. The molecule has 112 valence electrons. The van der Waals surface area contributed by atoms with Crippen LogP contribution in [0.1, 0.15) is 32.1 Å². The molecule has 2 heteroatoms. The number of rotatable bonds is 6. The Bertz CT molecular complexity index is 560. The summed E-state index contributed by atoms with van der Waals surface area (Å²) in [5.41, 5.74) is 0. The van der Waals surface area contributed by atoms with E-state index in [0.717, 1.165) is 18.2 Å². The molecule has 0 spiro atoms. The van der Waals surface area contributed by atoms with E-state index in [9.17, 15) is 0 Å². The summed E-state index contributed by atoms with van der Waals surface area (Å²) in [6.07, 6.45) is 7.21. The second-order valence-corrected chi connectivity index (χ2v) is 7.23.